The number of aliphatic hydroxyl groups is 1. The van der Waals surface area contributed by atoms with Crippen LogP contribution in [0.25, 0.3) is 0 Å². The van der Waals surface area contributed by atoms with Gasteiger partial charge in [-0.1, -0.05) is 15.9 Å². The first-order valence-electron chi connectivity index (χ1n) is 5.80. The molecule has 4 nitrogen and oxygen atoms in total. The topological polar surface area (TPSA) is 52.9 Å². The van der Waals surface area contributed by atoms with E-state index in [-0.39, 0.29) is 18.4 Å². The van der Waals surface area contributed by atoms with Crippen LogP contribution in [-0.4, -0.2) is 23.3 Å². The Hall–Kier alpha value is -1.20. The van der Waals surface area contributed by atoms with Crippen LogP contribution >= 0.6 is 15.9 Å². The zero-order valence-electron chi connectivity index (χ0n) is 10.4. The lowest BCUT2D eigenvalue weighted by Crippen LogP contribution is -2.27. The second kappa shape index (κ2) is 5.20. The van der Waals surface area contributed by atoms with Crippen molar-refractivity contribution in [3.05, 3.63) is 28.2 Å². The fourth-order valence-corrected chi connectivity index (χ4v) is 2.26. The number of carbonyl (C=O) groups is 1. The molecule has 0 radical (unpaired) electrons. The van der Waals surface area contributed by atoms with Crippen LogP contribution in [-0.2, 0) is 4.79 Å². The molecule has 1 aliphatic rings. The summed E-state index contributed by atoms with van der Waals surface area (Å²) in [6, 6.07) is 5.68. The van der Waals surface area contributed by atoms with Gasteiger partial charge in [-0.15, -0.1) is 0 Å². The summed E-state index contributed by atoms with van der Waals surface area (Å²) in [6.07, 6.45) is 0.431. The molecule has 18 heavy (non-hydrogen) atoms. The van der Waals surface area contributed by atoms with Crippen molar-refractivity contribution in [3.63, 3.8) is 0 Å². The molecule has 0 saturated carbocycles. The minimum atomic E-state index is -0.293. The quantitative estimate of drug-likeness (QED) is 0.932. The molecule has 2 rings (SSSR count). The van der Waals surface area contributed by atoms with Gasteiger partial charge in [0.25, 0.3) is 5.91 Å². The lowest BCUT2D eigenvalue weighted by atomic mass is 10.0. The van der Waals surface area contributed by atoms with Crippen LogP contribution in [0.5, 0.6) is 0 Å². The normalized spacial score (nSPS) is 19.3. The summed E-state index contributed by atoms with van der Waals surface area (Å²) in [6.45, 7) is 3.79. The molecular weight excluding hydrogens is 296 g/mol. The van der Waals surface area contributed by atoms with Crippen molar-refractivity contribution in [1.82, 2.24) is 0 Å². The first-order valence-corrected chi connectivity index (χ1v) is 6.60. The van der Waals surface area contributed by atoms with E-state index in [0.717, 1.165) is 21.4 Å². The number of nitrogens with zero attached hydrogens (tertiary/aromatic N) is 2. The molecule has 1 heterocycles. The summed E-state index contributed by atoms with van der Waals surface area (Å²) < 4.78 is 1.01. The predicted octanol–water partition coefficient (Wildman–Crippen LogP) is 2.48. The van der Waals surface area contributed by atoms with Gasteiger partial charge in [-0.3, -0.25) is 4.79 Å². The van der Waals surface area contributed by atoms with E-state index in [1.165, 1.54) is 5.01 Å². The van der Waals surface area contributed by atoms with E-state index < -0.39 is 0 Å². The molecule has 0 bridgehead atoms. The van der Waals surface area contributed by atoms with Crippen molar-refractivity contribution >= 4 is 33.2 Å². The summed E-state index contributed by atoms with van der Waals surface area (Å²) in [7, 11) is 0. The Morgan fingerprint density at radius 2 is 2.17 bits per heavy atom. The molecule has 1 unspecified atom stereocenters. The van der Waals surface area contributed by atoms with Gasteiger partial charge >= 0.3 is 0 Å². The second-order valence-corrected chi connectivity index (χ2v) is 5.24. The van der Waals surface area contributed by atoms with Crippen molar-refractivity contribution < 1.29 is 9.90 Å². The summed E-state index contributed by atoms with van der Waals surface area (Å²) >= 11 is 3.43. The summed E-state index contributed by atoms with van der Waals surface area (Å²) in [4.78, 5) is 12.2. The van der Waals surface area contributed by atoms with Gasteiger partial charge in [-0.2, -0.15) is 5.10 Å². The fourth-order valence-electron chi connectivity index (χ4n) is 2.01. The van der Waals surface area contributed by atoms with Crippen LogP contribution in [0.2, 0.25) is 0 Å². The molecule has 0 aliphatic carbocycles. The number of aliphatic hydroxyl groups excluding tert-OH is 1. The second-order valence-electron chi connectivity index (χ2n) is 4.39. The number of halogens is 1. The van der Waals surface area contributed by atoms with Gasteiger partial charge in [0.2, 0.25) is 0 Å². The Morgan fingerprint density at radius 1 is 1.44 bits per heavy atom. The largest absolute Gasteiger partial charge is 0.396 e. The minimum absolute atomic E-state index is 0.00350. The van der Waals surface area contributed by atoms with Gasteiger partial charge in [0.1, 0.15) is 0 Å². The Morgan fingerprint density at radius 3 is 2.78 bits per heavy atom. The van der Waals surface area contributed by atoms with E-state index in [1.54, 1.807) is 0 Å². The third-order valence-electron chi connectivity index (χ3n) is 3.07. The summed E-state index contributed by atoms with van der Waals surface area (Å²) in [5, 5.41) is 14.7. The van der Waals surface area contributed by atoms with E-state index in [1.807, 2.05) is 32.0 Å². The number of rotatable bonds is 3. The Labute approximate surface area is 114 Å². The molecule has 5 heteroatoms. The SMILES string of the molecule is CC1=NN(c2ccc(Br)c(C)c2)C(=O)C1CCO. The molecule has 0 fully saturated rings. The maximum atomic E-state index is 12.2. The monoisotopic (exact) mass is 310 g/mol. The number of hydrogen-bond acceptors (Lipinski definition) is 3. The predicted molar refractivity (Wildman–Crippen MR) is 74.7 cm³/mol. The number of aryl methyl sites for hydroxylation is 1. The minimum Gasteiger partial charge on any atom is -0.396 e. The van der Waals surface area contributed by atoms with E-state index in [0.29, 0.717) is 6.42 Å². The van der Waals surface area contributed by atoms with E-state index >= 15 is 0 Å². The molecule has 1 aromatic rings. The number of hydrazone groups is 1. The number of amides is 1. The summed E-state index contributed by atoms with van der Waals surface area (Å²) in [5.41, 5.74) is 2.58. The Bertz CT molecular complexity index is 514. The third-order valence-corrected chi connectivity index (χ3v) is 3.96. The average molecular weight is 311 g/mol. The lowest BCUT2D eigenvalue weighted by Gasteiger charge is -2.14. The van der Waals surface area contributed by atoms with Crippen LogP contribution < -0.4 is 5.01 Å². The van der Waals surface area contributed by atoms with Gasteiger partial charge < -0.3 is 5.11 Å². The number of anilines is 1. The standard InChI is InChI=1S/C13H15BrN2O2/c1-8-7-10(3-4-12(8)14)16-13(18)11(5-6-17)9(2)15-16/h3-4,7,11,17H,5-6H2,1-2H3. The number of hydrogen-bond donors (Lipinski definition) is 1. The van der Waals surface area contributed by atoms with Crippen LogP contribution in [0.1, 0.15) is 18.9 Å². The maximum Gasteiger partial charge on any atom is 0.256 e. The molecule has 0 spiro atoms. The van der Waals surface area contributed by atoms with Gasteiger partial charge in [0, 0.05) is 16.8 Å². The first-order chi connectivity index (χ1) is 8.54. The Kier molecular flexibility index (Phi) is 3.82. The van der Waals surface area contributed by atoms with Crippen LogP contribution in [0.3, 0.4) is 0 Å². The number of carbonyl (C=O) groups excluding carboxylic acids is 1. The zero-order chi connectivity index (χ0) is 13.3. The average Bonchev–Trinajstić information content (AvgIpc) is 2.61. The van der Waals surface area contributed by atoms with Gasteiger partial charge in [-0.05, 0) is 44.0 Å². The van der Waals surface area contributed by atoms with Crippen molar-refractivity contribution in [2.75, 3.05) is 11.6 Å². The van der Waals surface area contributed by atoms with E-state index in [4.69, 9.17) is 5.11 Å². The van der Waals surface area contributed by atoms with Crippen molar-refractivity contribution in [1.29, 1.82) is 0 Å². The van der Waals surface area contributed by atoms with E-state index in [2.05, 4.69) is 21.0 Å². The van der Waals surface area contributed by atoms with Crippen molar-refractivity contribution in [3.8, 4) is 0 Å². The Balaban J connectivity index is 2.30. The summed E-state index contributed by atoms with van der Waals surface area (Å²) in [5.74, 6) is -0.359. The highest BCUT2D eigenvalue weighted by Gasteiger charge is 2.33. The fraction of sp³-hybridized carbons (Fsp3) is 0.385. The van der Waals surface area contributed by atoms with Crippen molar-refractivity contribution in [2.24, 2.45) is 11.0 Å². The highest BCUT2D eigenvalue weighted by Crippen LogP contribution is 2.28. The molecular formula is C13H15BrN2O2. The molecule has 0 saturated heterocycles. The van der Waals surface area contributed by atoms with Crippen LogP contribution in [0.15, 0.2) is 27.8 Å². The highest BCUT2D eigenvalue weighted by molar-refractivity contribution is 9.10. The van der Waals surface area contributed by atoms with Crippen LogP contribution in [0.4, 0.5) is 5.69 Å². The third kappa shape index (κ3) is 2.33. The van der Waals surface area contributed by atoms with E-state index in [9.17, 15) is 4.79 Å². The molecule has 1 aromatic carbocycles. The van der Waals surface area contributed by atoms with Gasteiger partial charge in [0.15, 0.2) is 0 Å². The molecule has 1 atom stereocenters. The van der Waals surface area contributed by atoms with Gasteiger partial charge in [-0.25, -0.2) is 5.01 Å². The first kappa shape index (κ1) is 13.2. The van der Waals surface area contributed by atoms with Gasteiger partial charge in [0.05, 0.1) is 11.6 Å². The highest BCUT2D eigenvalue weighted by atomic mass is 79.9. The smallest absolute Gasteiger partial charge is 0.256 e. The van der Waals surface area contributed by atoms with Crippen LogP contribution in [0, 0.1) is 12.8 Å². The lowest BCUT2D eigenvalue weighted by molar-refractivity contribution is -0.120. The zero-order valence-corrected chi connectivity index (χ0v) is 11.9. The molecule has 96 valence electrons. The van der Waals surface area contributed by atoms with Crippen molar-refractivity contribution in [2.45, 2.75) is 20.3 Å². The molecule has 1 amide bonds. The molecule has 1 N–H and O–H groups in total. The number of benzene rings is 1. The maximum absolute atomic E-state index is 12.2. The molecule has 0 aromatic heterocycles. The molecule has 1 aliphatic heterocycles.